The number of ether oxygens (including phenoxy) is 1. The highest BCUT2D eigenvalue weighted by atomic mass is 32.2. The van der Waals surface area contributed by atoms with Crippen LogP contribution in [0.4, 0.5) is 0 Å². The predicted molar refractivity (Wildman–Crippen MR) is 140 cm³/mol. The number of rotatable bonds is 7. The molecule has 1 atom stereocenters. The maximum atomic E-state index is 13.3. The monoisotopic (exact) mass is 498 g/mol. The summed E-state index contributed by atoms with van der Waals surface area (Å²) in [6.07, 6.45) is 0.629. The van der Waals surface area contributed by atoms with E-state index in [0.29, 0.717) is 17.5 Å². The number of hydrazone groups is 1. The van der Waals surface area contributed by atoms with Gasteiger partial charge in [-0.25, -0.2) is 5.01 Å². The molecule has 1 amide bonds. The molecule has 1 aliphatic rings. The maximum Gasteiger partial charge on any atom is 0.277 e. The van der Waals surface area contributed by atoms with E-state index in [1.54, 1.807) is 12.1 Å². The van der Waals surface area contributed by atoms with Crippen LogP contribution in [0.15, 0.2) is 87.5 Å². The van der Waals surface area contributed by atoms with Gasteiger partial charge in [0, 0.05) is 12.0 Å². The average molecular weight is 499 g/mol. The number of hydrogen-bond donors (Lipinski definition) is 0. The lowest BCUT2D eigenvalue weighted by Crippen LogP contribution is -2.28. The molecule has 36 heavy (non-hydrogen) atoms. The van der Waals surface area contributed by atoms with Crippen LogP contribution in [0, 0.1) is 13.8 Å². The fourth-order valence-corrected chi connectivity index (χ4v) is 4.70. The first-order valence-electron chi connectivity index (χ1n) is 11.6. The van der Waals surface area contributed by atoms with Crippen LogP contribution >= 0.6 is 11.8 Å². The lowest BCUT2D eigenvalue weighted by molar-refractivity contribution is -0.130. The van der Waals surface area contributed by atoms with Crippen molar-refractivity contribution < 1.29 is 13.9 Å². The molecule has 5 rings (SSSR count). The molecule has 7 nitrogen and oxygen atoms in total. The van der Waals surface area contributed by atoms with Crippen LogP contribution in [0.5, 0.6) is 5.75 Å². The van der Waals surface area contributed by atoms with Crippen LogP contribution in [0.25, 0.3) is 11.5 Å². The fourth-order valence-electron chi connectivity index (χ4n) is 4.08. The highest BCUT2D eigenvalue weighted by molar-refractivity contribution is 7.99. The minimum absolute atomic E-state index is 0.127. The van der Waals surface area contributed by atoms with Gasteiger partial charge in [0.05, 0.1) is 24.6 Å². The summed E-state index contributed by atoms with van der Waals surface area (Å²) in [7, 11) is 1.64. The fraction of sp³-hybridized carbons (Fsp3) is 0.214. The van der Waals surface area contributed by atoms with Crippen molar-refractivity contribution in [1.29, 1.82) is 0 Å². The molecule has 1 aliphatic heterocycles. The molecule has 0 fully saturated rings. The number of carbonyl (C=O) groups is 1. The summed E-state index contributed by atoms with van der Waals surface area (Å²) in [6, 6.07) is 23.5. The van der Waals surface area contributed by atoms with E-state index in [1.807, 2.05) is 79.7 Å². The Morgan fingerprint density at radius 2 is 1.78 bits per heavy atom. The third-order valence-electron chi connectivity index (χ3n) is 6.25. The number of hydrogen-bond acceptors (Lipinski definition) is 7. The number of amides is 1. The molecule has 0 radical (unpaired) electrons. The van der Waals surface area contributed by atoms with Gasteiger partial charge in [-0.15, -0.1) is 10.2 Å². The van der Waals surface area contributed by atoms with E-state index >= 15 is 0 Å². The SMILES string of the molecule is COc1ccc(C2CC(c3ccccc3)=NN2C(=O)CSc2nnc(-c3ccc(C)c(C)c3)o2)cc1. The summed E-state index contributed by atoms with van der Waals surface area (Å²) in [5, 5.41) is 15.0. The number of thioether (sulfide) groups is 1. The predicted octanol–water partition coefficient (Wildman–Crippen LogP) is 5.83. The Labute approximate surface area is 214 Å². The second-order valence-electron chi connectivity index (χ2n) is 8.60. The number of nitrogens with zero attached hydrogens (tertiary/aromatic N) is 4. The minimum Gasteiger partial charge on any atom is -0.497 e. The molecule has 4 aromatic rings. The van der Waals surface area contributed by atoms with Crippen molar-refractivity contribution in [3.63, 3.8) is 0 Å². The largest absolute Gasteiger partial charge is 0.497 e. The molecule has 8 heteroatoms. The van der Waals surface area contributed by atoms with Gasteiger partial charge in [-0.3, -0.25) is 4.79 Å². The molecular weight excluding hydrogens is 472 g/mol. The van der Waals surface area contributed by atoms with Crippen LogP contribution in [0.2, 0.25) is 0 Å². The summed E-state index contributed by atoms with van der Waals surface area (Å²) in [5.74, 6) is 1.21. The van der Waals surface area contributed by atoms with Gasteiger partial charge in [0.1, 0.15) is 5.75 Å². The lowest BCUT2D eigenvalue weighted by atomic mass is 9.98. The van der Waals surface area contributed by atoms with Gasteiger partial charge < -0.3 is 9.15 Å². The van der Waals surface area contributed by atoms with Crippen LogP contribution < -0.4 is 4.74 Å². The van der Waals surface area contributed by atoms with Crippen molar-refractivity contribution in [2.24, 2.45) is 5.10 Å². The van der Waals surface area contributed by atoms with Gasteiger partial charge >= 0.3 is 0 Å². The summed E-state index contributed by atoms with van der Waals surface area (Å²) >= 11 is 1.22. The zero-order chi connectivity index (χ0) is 25.1. The van der Waals surface area contributed by atoms with Crippen LogP contribution in [-0.4, -0.2) is 39.7 Å². The Morgan fingerprint density at radius 1 is 1.00 bits per heavy atom. The second kappa shape index (κ2) is 10.4. The molecule has 182 valence electrons. The molecule has 0 spiro atoms. The van der Waals surface area contributed by atoms with E-state index in [9.17, 15) is 4.79 Å². The van der Waals surface area contributed by atoms with Gasteiger partial charge in [-0.1, -0.05) is 60.3 Å². The highest BCUT2D eigenvalue weighted by Gasteiger charge is 2.33. The summed E-state index contributed by atoms with van der Waals surface area (Å²) in [5.41, 5.74) is 6.10. The topological polar surface area (TPSA) is 80.8 Å². The molecule has 0 aliphatic carbocycles. The van der Waals surface area contributed by atoms with E-state index in [4.69, 9.17) is 14.3 Å². The van der Waals surface area contributed by atoms with Crippen molar-refractivity contribution >= 4 is 23.4 Å². The number of carbonyl (C=O) groups excluding carboxylic acids is 1. The van der Waals surface area contributed by atoms with Crippen molar-refractivity contribution in [2.45, 2.75) is 31.5 Å². The summed E-state index contributed by atoms with van der Waals surface area (Å²) in [4.78, 5) is 13.3. The number of benzene rings is 3. The van der Waals surface area contributed by atoms with Gasteiger partial charge in [-0.2, -0.15) is 5.10 Å². The van der Waals surface area contributed by atoms with Crippen LogP contribution in [0.1, 0.15) is 34.7 Å². The minimum atomic E-state index is -0.201. The summed E-state index contributed by atoms with van der Waals surface area (Å²) in [6.45, 7) is 4.10. The Bertz CT molecular complexity index is 1400. The molecule has 1 unspecified atom stereocenters. The van der Waals surface area contributed by atoms with Gasteiger partial charge in [0.15, 0.2) is 0 Å². The van der Waals surface area contributed by atoms with Crippen molar-refractivity contribution in [1.82, 2.24) is 15.2 Å². The van der Waals surface area contributed by atoms with Gasteiger partial charge in [0.25, 0.3) is 11.1 Å². The van der Waals surface area contributed by atoms with E-state index in [0.717, 1.165) is 33.7 Å². The first-order chi connectivity index (χ1) is 17.5. The standard InChI is InChI=1S/C28H26N4O3S/c1-18-9-10-22(15-19(18)2)27-29-30-28(35-27)36-17-26(33)32-25(21-11-13-23(34-3)14-12-21)16-24(31-32)20-7-5-4-6-8-20/h4-15,25H,16-17H2,1-3H3. The Balaban J connectivity index is 1.33. The Morgan fingerprint density at radius 3 is 2.50 bits per heavy atom. The molecule has 1 aromatic heterocycles. The third-order valence-corrected chi connectivity index (χ3v) is 7.06. The van der Waals surface area contributed by atoms with Gasteiger partial charge in [0.2, 0.25) is 5.89 Å². The highest BCUT2D eigenvalue weighted by Crippen LogP contribution is 2.34. The zero-order valence-corrected chi connectivity index (χ0v) is 21.2. The third kappa shape index (κ3) is 5.04. The molecule has 3 aromatic carbocycles. The van der Waals surface area contributed by atoms with Crippen molar-refractivity contribution in [3.8, 4) is 17.2 Å². The van der Waals surface area contributed by atoms with Crippen molar-refractivity contribution in [3.05, 3.63) is 95.1 Å². The van der Waals surface area contributed by atoms with Crippen LogP contribution in [-0.2, 0) is 4.79 Å². The van der Waals surface area contributed by atoms with E-state index < -0.39 is 0 Å². The number of aromatic nitrogens is 2. The maximum absolute atomic E-state index is 13.3. The first kappa shape index (κ1) is 23.8. The van der Waals surface area contributed by atoms with E-state index in [-0.39, 0.29) is 17.7 Å². The molecule has 0 N–H and O–H groups in total. The molecule has 0 saturated heterocycles. The first-order valence-corrected chi connectivity index (χ1v) is 12.6. The molecule has 0 saturated carbocycles. The lowest BCUT2D eigenvalue weighted by Gasteiger charge is -2.22. The molecular formula is C28H26N4O3S. The number of aryl methyl sites for hydroxylation is 2. The van der Waals surface area contributed by atoms with Gasteiger partial charge in [-0.05, 0) is 60.4 Å². The Kier molecular flexibility index (Phi) is 6.86. The zero-order valence-electron chi connectivity index (χ0n) is 20.3. The smallest absolute Gasteiger partial charge is 0.277 e. The number of methoxy groups -OCH3 is 1. The molecule has 2 heterocycles. The van der Waals surface area contributed by atoms with E-state index in [1.165, 1.54) is 17.3 Å². The quantitative estimate of drug-likeness (QED) is 0.298. The average Bonchev–Trinajstić information content (AvgIpc) is 3.58. The van der Waals surface area contributed by atoms with Crippen LogP contribution in [0.3, 0.4) is 0 Å². The Hall–Kier alpha value is -3.91. The second-order valence-corrected chi connectivity index (χ2v) is 9.53. The van der Waals surface area contributed by atoms with E-state index in [2.05, 4.69) is 17.1 Å². The van der Waals surface area contributed by atoms with Crippen molar-refractivity contribution in [2.75, 3.05) is 12.9 Å². The molecule has 0 bridgehead atoms. The normalized spacial score (nSPS) is 15.1. The summed E-state index contributed by atoms with van der Waals surface area (Å²) < 4.78 is 11.1.